The fourth-order valence-corrected chi connectivity index (χ4v) is 5.54. The van der Waals surface area contributed by atoms with E-state index in [1.807, 2.05) is 53.1 Å². The summed E-state index contributed by atoms with van der Waals surface area (Å²) in [5, 5.41) is 0. The second kappa shape index (κ2) is 8.73. The van der Waals surface area contributed by atoms with Gasteiger partial charge in [0.15, 0.2) is 0 Å². The average molecular weight is 480 g/mol. The molecular formula is C25H29N5O3S. The van der Waals surface area contributed by atoms with Crippen LogP contribution in [0.15, 0.2) is 65.7 Å². The smallest absolute Gasteiger partial charge is 0.246 e. The molecule has 34 heavy (non-hydrogen) atoms. The minimum atomic E-state index is -3.86. The highest BCUT2D eigenvalue weighted by Gasteiger charge is 2.27. The van der Waals surface area contributed by atoms with Crippen molar-refractivity contribution in [1.29, 1.82) is 0 Å². The predicted octanol–water partition coefficient (Wildman–Crippen LogP) is 4.38. The van der Waals surface area contributed by atoms with Gasteiger partial charge in [-0.05, 0) is 57.0 Å². The number of imidazole rings is 1. The highest BCUT2D eigenvalue weighted by molar-refractivity contribution is 7.89. The first kappa shape index (κ1) is 23.7. The van der Waals surface area contributed by atoms with E-state index in [-0.39, 0.29) is 16.8 Å². The van der Waals surface area contributed by atoms with Crippen LogP contribution in [0, 0.1) is 0 Å². The maximum absolute atomic E-state index is 13.1. The molecule has 0 aliphatic carbocycles. The van der Waals surface area contributed by atoms with Crippen molar-refractivity contribution in [3.63, 3.8) is 0 Å². The lowest BCUT2D eigenvalue weighted by atomic mass is 10.1. The number of fused-ring (bicyclic) bond motifs is 1. The third-order valence-corrected chi connectivity index (χ3v) is 7.21. The molecule has 8 nitrogen and oxygen atoms in total. The number of methoxy groups -OCH3 is 1. The van der Waals surface area contributed by atoms with Gasteiger partial charge in [0, 0.05) is 17.3 Å². The van der Waals surface area contributed by atoms with Gasteiger partial charge in [-0.1, -0.05) is 36.4 Å². The highest BCUT2D eigenvalue weighted by atomic mass is 32.2. The minimum absolute atomic E-state index is 0.0202. The van der Waals surface area contributed by atoms with Gasteiger partial charge in [0.25, 0.3) is 0 Å². The molecule has 0 aliphatic heterocycles. The molecule has 4 aromatic rings. The zero-order chi connectivity index (χ0) is 24.7. The fourth-order valence-electron chi connectivity index (χ4n) is 3.97. The Morgan fingerprint density at radius 1 is 1.06 bits per heavy atom. The SMILES string of the molecule is COc1ncc(-c2ccc3nc(N)n([C@H](C)c4ccccc4)c3c2)cc1S(=O)(=O)NC(C)(C)C. The van der Waals surface area contributed by atoms with Crippen LogP contribution in [-0.4, -0.2) is 35.6 Å². The van der Waals surface area contributed by atoms with Crippen LogP contribution in [0.2, 0.25) is 0 Å². The third kappa shape index (κ3) is 4.62. The summed E-state index contributed by atoms with van der Waals surface area (Å²) in [4.78, 5) is 8.77. The van der Waals surface area contributed by atoms with E-state index < -0.39 is 15.6 Å². The third-order valence-electron chi connectivity index (χ3n) is 5.46. The zero-order valence-electron chi connectivity index (χ0n) is 19.9. The lowest BCUT2D eigenvalue weighted by Gasteiger charge is -2.21. The van der Waals surface area contributed by atoms with Gasteiger partial charge in [-0.15, -0.1) is 0 Å². The molecule has 0 amide bonds. The number of sulfonamides is 1. The van der Waals surface area contributed by atoms with Gasteiger partial charge in [0.2, 0.25) is 21.9 Å². The van der Waals surface area contributed by atoms with Gasteiger partial charge in [-0.2, -0.15) is 0 Å². The quantitative estimate of drug-likeness (QED) is 0.425. The number of rotatable bonds is 6. The molecule has 0 unspecified atom stereocenters. The van der Waals surface area contributed by atoms with E-state index in [9.17, 15) is 8.42 Å². The van der Waals surface area contributed by atoms with Crippen LogP contribution in [-0.2, 0) is 10.0 Å². The number of anilines is 1. The van der Waals surface area contributed by atoms with Crippen molar-refractivity contribution < 1.29 is 13.2 Å². The Morgan fingerprint density at radius 3 is 2.41 bits per heavy atom. The standard InChI is InChI=1S/C25H29N5O3S/c1-16(17-9-7-6-8-10-17)30-21-13-18(11-12-20(21)28-24(30)26)19-14-22(23(33-5)27-15-19)34(31,32)29-25(2,3)4/h6-16,29H,1-5H3,(H2,26,28)/t16-/m1/s1. The highest BCUT2D eigenvalue weighted by Crippen LogP contribution is 2.33. The Morgan fingerprint density at radius 2 is 1.76 bits per heavy atom. The van der Waals surface area contributed by atoms with E-state index >= 15 is 0 Å². The lowest BCUT2D eigenvalue weighted by molar-refractivity contribution is 0.384. The van der Waals surface area contributed by atoms with Crippen LogP contribution in [0.25, 0.3) is 22.2 Å². The summed E-state index contributed by atoms with van der Waals surface area (Å²) in [7, 11) is -2.46. The summed E-state index contributed by atoms with van der Waals surface area (Å²) in [5.74, 6) is 0.447. The van der Waals surface area contributed by atoms with Gasteiger partial charge in [-0.25, -0.2) is 23.1 Å². The minimum Gasteiger partial charge on any atom is -0.480 e. The van der Waals surface area contributed by atoms with E-state index in [0.29, 0.717) is 11.5 Å². The van der Waals surface area contributed by atoms with Crippen molar-refractivity contribution >= 4 is 27.0 Å². The zero-order valence-corrected chi connectivity index (χ0v) is 20.7. The van der Waals surface area contributed by atoms with E-state index in [0.717, 1.165) is 22.2 Å². The fraction of sp³-hybridized carbons (Fsp3) is 0.280. The first-order valence-electron chi connectivity index (χ1n) is 10.9. The number of nitrogens with two attached hydrogens (primary N) is 1. The Labute approximate surface area is 199 Å². The monoisotopic (exact) mass is 479 g/mol. The molecule has 0 radical (unpaired) electrons. The molecule has 2 aromatic heterocycles. The van der Waals surface area contributed by atoms with Gasteiger partial charge >= 0.3 is 0 Å². The lowest BCUT2D eigenvalue weighted by Crippen LogP contribution is -2.40. The van der Waals surface area contributed by atoms with Crippen LogP contribution in [0.4, 0.5) is 5.95 Å². The molecule has 0 aliphatic rings. The predicted molar refractivity (Wildman–Crippen MR) is 134 cm³/mol. The molecule has 2 aromatic carbocycles. The molecule has 2 heterocycles. The molecule has 0 saturated carbocycles. The van der Waals surface area contributed by atoms with Crippen molar-refractivity contribution in [3.05, 3.63) is 66.4 Å². The summed E-state index contributed by atoms with van der Waals surface area (Å²) in [5.41, 5.74) is 9.77. The van der Waals surface area contributed by atoms with Gasteiger partial charge < -0.3 is 15.0 Å². The van der Waals surface area contributed by atoms with Crippen molar-refractivity contribution in [2.75, 3.05) is 12.8 Å². The number of hydrogen-bond acceptors (Lipinski definition) is 6. The van der Waals surface area contributed by atoms with Crippen molar-refractivity contribution in [2.24, 2.45) is 0 Å². The molecule has 0 saturated heterocycles. The van der Waals surface area contributed by atoms with Crippen LogP contribution in [0.3, 0.4) is 0 Å². The molecule has 178 valence electrons. The van der Waals surface area contributed by atoms with E-state index in [1.54, 1.807) is 33.0 Å². The molecule has 4 rings (SSSR count). The summed E-state index contributed by atoms with van der Waals surface area (Å²) in [6.07, 6.45) is 1.60. The summed E-state index contributed by atoms with van der Waals surface area (Å²) < 4.78 is 36.0. The molecule has 1 atom stereocenters. The number of ether oxygens (including phenoxy) is 1. The molecule has 0 fully saturated rings. The number of hydrogen-bond donors (Lipinski definition) is 2. The second-order valence-corrected chi connectivity index (χ2v) is 10.9. The first-order chi connectivity index (χ1) is 16.0. The average Bonchev–Trinajstić information content (AvgIpc) is 3.12. The molecule has 0 bridgehead atoms. The van der Waals surface area contributed by atoms with Crippen molar-refractivity contribution in [1.82, 2.24) is 19.3 Å². The van der Waals surface area contributed by atoms with Crippen LogP contribution in [0.1, 0.15) is 39.3 Å². The molecule has 9 heteroatoms. The largest absolute Gasteiger partial charge is 0.480 e. The van der Waals surface area contributed by atoms with Crippen molar-refractivity contribution in [3.8, 4) is 17.0 Å². The van der Waals surface area contributed by atoms with Crippen LogP contribution >= 0.6 is 0 Å². The van der Waals surface area contributed by atoms with E-state index in [1.165, 1.54) is 7.11 Å². The maximum Gasteiger partial charge on any atom is 0.246 e. The number of nitrogen functional groups attached to an aromatic ring is 1. The second-order valence-electron chi connectivity index (χ2n) is 9.22. The van der Waals surface area contributed by atoms with E-state index in [4.69, 9.17) is 10.5 Å². The number of nitrogens with one attached hydrogen (secondary N) is 1. The Kier molecular flexibility index (Phi) is 6.09. The summed E-state index contributed by atoms with van der Waals surface area (Å²) in [6.45, 7) is 7.41. The molecule has 0 spiro atoms. The summed E-state index contributed by atoms with van der Waals surface area (Å²) >= 11 is 0. The topological polar surface area (TPSA) is 112 Å². The summed E-state index contributed by atoms with van der Waals surface area (Å²) in [6, 6.07) is 17.3. The molecular weight excluding hydrogens is 450 g/mol. The van der Waals surface area contributed by atoms with Crippen LogP contribution in [0.5, 0.6) is 5.88 Å². The normalized spacial score (nSPS) is 13.2. The Hall–Kier alpha value is -3.43. The van der Waals surface area contributed by atoms with Gasteiger partial charge in [0.05, 0.1) is 24.2 Å². The van der Waals surface area contributed by atoms with E-state index in [2.05, 4.69) is 21.6 Å². The van der Waals surface area contributed by atoms with Gasteiger partial charge in [-0.3, -0.25) is 0 Å². The first-order valence-corrected chi connectivity index (χ1v) is 12.4. The Bertz CT molecular complexity index is 1440. The van der Waals surface area contributed by atoms with Crippen molar-refractivity contribution in [2.45, 2.75) is 44.2 Å². The number of pyridine rings is 1. The number of nitrogens with zero attached hydrogens (tertiary/aromatic N) is 3. The molecule has 3 N–H and O–H groups in total. The number of benzene rings is 2. The van der Waals surface area contributed by atoms with Crippen LogP contribution < -0.4 is 15.2 Å². The number of aromatic nitrogens is 3. The van der Waals surface area contributed by atoms with Gasteiger partial charge in [0.1, 0.15) is 4.90 Å². The maximum atomic E-state index is 13.1. The Balaban J connectivity index is 1.83.